The van der Waals surface area contributed by atoms with Gasteiger partial charge in [0.15, 0.2) is 0 Å². The van der Waals surface area contributed by atoms with Crippen molar-refractivity contribution >= 4 is 16.8 Å². The van der Waals surface area contributed by atoms with Crippen molar-refractivity contribution in [2.45, 2.75) is 27.7 Å². The van der Waals surface area contributed by atoms with Crippen LogP contribution < -0.4 is 0 Å². The Morgan fingerprint density at radius 2 is 1.32 bits per heavy atom. The summed E-state index contributed by atoms with van der Waals surface area (Å²) in [5.41, 5.74) is 8.74. The zero-order valence-corrected chi connectivity index (χ0v) is 17.3. The summed E-state index contributed by atoms with van der Waals surface area (Å²) in [5, 5.41) is 2.59. The van der Waals surface area contributed by atoms with Crippen molar-refractivity contribution in [3.8, 4) is 22.3 Å². The molecule has 0 aliphatic rings. The Morgan fingerprint density at radius 3 is 2.04 bits per heavy atom. The van der Waals surface area contributed by atoms with E-state index in [0.29, 0.717) is 0 Å². The van der Waals surface area contributed by atoms with Crippen LogP contribution in [0.15, 0.2) is 85.4 Å². The Labute approximate surface area is 169 Å². The molecule has 0 heterocycles. The molecule has 0 heteroatoms. The van der Waals surface area contributed by atoms with Gasteiger partial charge in [-0.15, -0.1) is 0 Å². The Hall–Kier alpha value is -3.12. The van der Waals surface area contributed by atoms with E-state index in [4.69, 9.17) is 0 Å². The molecule has 0 saturated heterocycles. The summed E-state index contributed by atoms with van der Waals surface area (Å²) >= 11 is 0. The molecule has 4 aromatic rings. The van der Waals surface area contributed by atoms with Crippen LogP contribution in [0.1, 0.15) is 30.5 Å². The zero-order valence-electron chi connectivity index (χ0n) is 17.3. The molecule has 140 valence electrons. The van der Waals surface area contributed by atoms with Crippen LogP contribution in [0, 0.1) is 13.8 Å². The predicted octanol–water partition coefficient (Wildman–Crippen LogP) is 8.46. The van der Waals surface area contributed by atoms with E-state index in [1.54, 1.807) is 0 Å². The third-order valence-electron chi connectivity index (χ3n) is 5.03. The average molecular weight is 365 g/mol. The summed E-state index contributed by atoms with van der Waals surface area (Å²) in [4.78, 5) is 0. The predicted molar refractivity (Wildman–Crippen MR) is 126 cm³/mol. The van der Waals surface area contributed by atoms with Gasteiger partial charge in [-0.3, -0.25) is 0 Å². The van der Waals surface area contributed by atoms with E-state index < -0.39 is 0 Å². The van der Waals surface area contributed by atoms with Crippen LogP contribution >= 0.6 is 0 Å². The molecular weight excluding hydrogens is 336 g/mol. The smallest absolute Gasteiger partial charge is 0.0103 e. The molecule has 0 unspecified atom stereocenters. The van der Waals surface area contributed by atoms with Crippen molar-refractivity contribution in [1.82, 2.24) is 0 Å². The largest absolute Gasteiger partial charge is 0.0985 e. The van der Waals surface area contributed by atoms with Crippen molar-refractivity contribution in [3.63, 3.8) is 0 Å². The molecule has 4 aromatic carbocycles. The van der Waals surface area contributed by atoms with Crippen LogP contribution in [-0.2, 0) is 0 Å². The summed E-state index contributed by atoms with van der Waals surface area (Å²) in [6, 6.07) is 28.5. The van der Waals surface area contributed by atoms with Gasteiger partial charge in [0.25, 0.3) is 0 Å². The minimum atomic E-state index is 1.19. The molecule has 4 rings (SSSR count). The van der Waals surface area contributed by atoms with Crippen LogP contribution in [0.2, 0.25) is 0 Å². The summed E-state index contributed by atoms with van der Waals surface area (Å²) in [7, 11) is 0. The van der Waals surface area contributed by atoms with Crippen LogP contribution in [0.3, 0.4) is 0 Å². The van der Waals surface area contributed by atoms with Gasteiger partial charge in [-0.25, -0.2) is 0 Å². The van der Waals surface area contributed by atoms with Crippen LogP contribution in [0.4, 0.5) is 0 Å². The van der Waals surface area contributed by atoms with Crippen molar-refractivity contribution < 1.29 is 0 Å². The van der Waals surface area contributed by atoms with E-state index in [1.807, 2.05) is 19.9 Å². The normalized spacial score (nSPS) is 10.3. The van der Waals surface area contributed by atoms with Gasteiger partial charge in [0, 0.05) is 0 Å². The van der Waals surface area contributed by atoms with Gasteiger partial charge in [0.2, 0.25) is 0 Å². The van der Waals surface area contributed by atoms with Gasteiger partial charge in [0.05, 0.1) is 0 Å². The highest BCUT2D eigenvalue weighted by molar-refractivity contribution is 5.97. The van der Waals surface area contributed by atoms with Crippen molar-refractivity contribution in [2.75, 3.05) is 0 Å². The van der Waals surface area contributed by atoms with E-state index in [1.165, 1.54) is 49.7 Å². The van der Waals surface area contributed by atoms with E-state index in [2.05, 4.69) is 99.3 Å². The highest BCUT2D eigenvalue weighted by atomic mass is 14.1. The summed E-state index contributed by atoms with van der Waals surface area (Å²) < 4.78 is 0. The first kappa shape index (κ1) is 19.6. The van der Waals surface area contributed by atoms with Gasteiger partial charge >= 0.3 is 0 Å². The first-order valence-corrected chi connectivity index (χ1v) is 9.99. The Kier molecular flexibility index (Phi) is 6.11. The highest BCUT2D eigenvalue weighted by Crippen LogP contribution is 2.32. The highest BCUT2D eigenvalue weighted by Gasteiger charge is 2.06. The quantitative estimate of drug-likeness (QED) is 0.342. The van der Waals surface area contributed by atoms with Gasteiger partial charge < -0.3 is 0 Å². The Morgan fingerprint density at radius 1 is 0.679 bits per heavy atom. The molecule has 0 aliphatic heterocycles. The molecule has 0 nitrogen and oxygen atoms in total. The lowest BCUT2D eigenvalue weighted by Crippen LogP contribution is -1.86. The van der Waals surface area contributed by atoms with E-state index in [9.17, 15) is 0 Å². The maximum Gasteiger partial charge on any atom is -0.0103 e. The second kappa shape index (κ2) is 8.71. The molecule has 0 amide bonds. The molecule has 0 aromatic heterocycles. The average Bonchev–Trinajstić information content (AvgIpc) is 2.75. The first-order chi connectivity index (χ1) is 13.7. The summed E-state index contributed by atoms with van der Waals surface area (Å²) in [6.45, 7) is 12.2. The topological polar surface area (TPSA) is 0 Å². The minimum absolute atomic E-state index is 1.19. The standard InChI is InChI=1S/C26H22.C2H6/c1-4-20-17-23(10-9-19(20)3)21-11-13-22(14-12-21)26-16-18(2)15-24-7-5-6-8-25(24)26;1-2/h4-17H,1H2,2-3H3;1-2H3. The Bertz CT molecular complexity index is 1100. The Balaban J connectivity index is 0.00000109. The lowest BCUT2D eigenvalue weighted by atomic mass is 9.94. The van der Waals surface area contributed by atoms with E-state index in [-0.39, 0.29) is 0 Å². The number of hydrogen-bond donors (Lipinski definition) is 0. The van der Waals surface area contributed by atoms with Crippen LogP contribution in [-0.4, -0.2) is 0 Å². The van der Waals surface area contributed by atoms with Crippen molar-refractivity contribution in [1.29, 1.82) is 0 Å². The molecule has 0 aliphatic carbocycles. The number of benzene rings is 4. The minimum Gasteiger partial charge on any atom is -0.0985 e. The number of rotatable bonds is 3. The fourth-order valence-electron chi connectivity index (χ4n) is 3.58. The molecule has 0 spiro atoms. The SMILES string of the molecule is C=Cc1cc(-c2ccc(-c3cc(C)cc4ccccc34)cc2)ccc1C.CC. The maximum absolute atomic E-state index is 3.92. The molecule has 0 radical (unpaired) electrons. The summed E-state index contributed by atoms with van der Waals surface area (Å²) in [5.74, 6) is 0. The van der Waals surface area contributed by atoms with Gasteiger partial charge in [-0.2, -0.15) is 0 Å². The monoisotopic (exact) mass is 364 g/mol. The number of fused-ring (bicyclic) bond motifs is 1. The van der Waals surface area contributed by atoms with Gasteiger partial charge in [0.1, 0.15) is 0 Å². The van der Waals surface area contributed by atoms with Gasteiger partial charge in [-0.05, 0) is 69.6 Å². The number of hydrogen-bond acceptors (Lipinski definition) is 0. The van der Waals surface area contributed by atoms with E-state index in [0.717, 1.165) is 0 Å². The second-order valence-electron chi connectivity index (χ2n) is 6.89. The maximum atomic E-state index is 3.92. The molecule has 0 bridgehead atoms. The molecule has 0 fully saturated rings. The van der Waals surface area contributed by atoms with Crippen LogP contribution in [0.25, 0.3) is 39.1 Å². The zero-order chi connectivity index (χ0) is 20.1. The molecule has 0 N–H and O–H groups in total. The lowest BCUT2D eigenvalue weighted by Gasteiger charge is -2.11. The fraction of sp³-hybridized carbons (Fsp3) is 0.143. The fourth-order valence-corrected chi connectivity index (χ4v) is 3.58. The molecule has 0 atom stereocenters. The lowest BCUT2D eigenvalue weighted by molar-refractivity contribution is 1.44. The van der Waals surface area contributed by atoms with Crippen molar-refractivity contribution in [3.05, 3.63) is 102 Å². The van der Waals surface area contributed by atoms with Gasteiger partial charge in [-0.1, -0.05) is 99.3 Å². The third-order valence-corrected chi connectivity index (χ3v) is 5.03. The molecule has 28 heavy (non-hydrogen) atoms. The van der Waals surface area contributed by atoms with E-state index >= 15 is 0 Å². The van der Waals surface area contributed by atoms with Crippen molar-refractivity contribution in [2.24, 2.45) is 0 Å². The second-order valence-corrected chi connectivity index (χ2v) is 6.89. The summed E-state index contributed by atoms with van der Waals surface area (Å²) in [6.07, 6.45) is 1.92. The first-order valence-electron chi connectivity index (χ1n) is 9.99. The number of aryl methyl sites for hydroxylation is 2. The molecule has 0 saturated carbocycles. The third kappa shape index (κ3) is 3.92. The molecular formula is C28H28. The van der Waals surface area contributed by atoms with Crippen LogP contribution in [0.5, 0.6) is 0 Å².